The summed E-state index contributed by atoms with van der Waals surface area (Å²) in [5, 5.41) is 19.5. The van der Waals surface area contributed by atoms with Gasteiger partial charge < -0.3 is 14.8 Å². The van der Waals surface area contributed by atoms with Crippen molar-refractivity contribution in [3.63, 3.8) is 0 Å². The molecule has 3 aromatic rings. The molecule has 2 aromatic carbocycles. The third-order valence-corrected chi connectivity index (χ3v) is 5.28. The minimum absolute atomic E-state index is 0.0161. The zero-order valence-corrected chi connectivity index (χ0v) is 16.9. The van der Waals surface area contributed by atoms with Crippen LogP contribution in [0.2, 0.25) is 0 Å². The average Bonchev–Trinajstić information content (AvgIpc) is 2.73. The Morgan fingerprint density at radius 3 is 2.35 bits per heavy atom. The van der Waals surface area contributed by atoms with E-state index in [4.69, 9.17) is 0 Å². The Morgan fingerprint density at radius 1 is 1.03 bits per heavy atom. The highest BCUT2D eigenvalue weighted by molar-refractivity contribution is 7.98. The molecule has 5 nitrogen and oxygen atoms in total. The highest BCUT2D eigenvalue weighted by Crippen LogP contribution is 2.24. The van der Waals surface area contributed by atoms with Gasteiger partial charge in [0.2, 0.25) is 0 Å². The fourth-order valence-electron chi connectivity index (χ4n) is 2.80. The van der Waals surface area contributed by atoms with Gasteiger partial charge in [0.1, 0.15) is 5.75 Å². The van der Waals surface area contributed by atoms with Crippen LogP contribution in [0.3, 0.4) is 0 Å². The van der Waals surface area contributed by atoms with Gasteiger partial charge in [0.15, 0.2) is 5.78 Å². The molecule has 0 radical (unpaired) electrons. The van der Waals surface area contributed by atoms with Gasteiger partial charge in [-0.05, 0) is 40.9 Å². The van der Waals surface area contributed by atoms with Crippen molar-refractivity contribution in [2.24, 2.45) is 0 Å². The van der Waals surface area contributed by atoms with Crippen molar-refractivity contribution in [3.05, 3.63) is 83.6 Å². The van der Waals surface area contributed by atoms with Crippen molar-refractivity contribution in [2.75, 3.05) is 0 Å². The van der Waals surface area contributed by atoms with Gasteiger partial charge in [0.25, 0.3) is 0 Å². The number of rotatable bonds is 8. The molecule has 0 bridgehead atoms. The van der Waals surface area contributed by atoms with E-state index in [1.807, 2.05) is 0 Å². The Labute approximate surface area is 181 Å². The molecule has 0 spiro atoms. The van der Waals surface area contributed by atoms with Crippen LogP contribution in [0.25, 0.3) is 0 Å². The predicted octanol–water partition coefficient (Wildman–Crippen LogP) is 3.38. The molecule has 0 saturated heterocycles. The van der Waals surface area contributed by atoms with E-state index < -0.39 is 13.5 Å². The number of hydrogen-bond acceptors (Lipinski definition) is 6. The van der Waals surface area contributed by atoms with Crippen molar-refractivity contribution in [1.82, 2.24) is 4.98 Å². The number of alkyl halides is 3. The quantitative estimate of drug-likeness (QED) is 0.313. The highest BCUT2D eigenvalue weighted by atomic mass is 32.2. The monoisotopic (exact) mass is 447 g/mol. The summed E-state index contributed by atoms with van der Waals surface area (Å²) in [5.41, 5.74) is 2.12. The van der Waals surface area contributed by atoms with Crippen LogP contribution in [-0.4, -0.2) is 34.3 Å². The van der Waals surface area contributed by atoms with Crippen molar-refractivity contribution in [1.29, 1.82) is 0 Å². The number of carbonyl (C=O) groups excluding carboxylic acids is 1. The molecule has 1 heterocycles. The first-order valence-electron chi connectivity index (χ1n) is 9.12. The van der Waals surface area contributed by atoms with E-state index in [1.54, 1.807) is 36.4 Å². The van der Waals surface area contributed by atoms with Crippen molar-refractivity contribution >= 4 is 30.1 Å². The summed E-state index contributed by atoms with van der Waals surface area (Å²) in [4.78, 5) is 16.7. The Hall–Kier alpha value is -2.82. The molecule has 2 N–H and O–H groups in total. The van der Waals surface area contributed by atoms with Gasteiger partial charge in [-0.25, -0.2) is 4.98 Å². The summed E-state index contributed by atoms with van der Waals surface area (Å²) in [7, 11) is -1.56. The molecule has 0 aliphatic heterocycles. The molecule has 1 aromatic heterocycles. The van der Waals surface area contributed by atoms with Crippen LogP contribution in [0.1, 0.15) is 21.5 Å². The molecule has 160 valence electrons. The van der Waals surface area contributed by atoms with E-state index in [9.17, 15) is 28.0 Å². The maximum absolute atomic E-state index is 12.4. The molecule has 10 heteroatoms. The van der Waals surface area contributed by atoms with Gasteiger partial charge in [-0.2, -0.15) is 0 Å². The summed E-state index contributed by atoms with van der Waals surface area (Å²) in [6.07, 6.45) is -3.30. The fourth-order valence-corrected chi connectivity index (χ4v) is 3.65. The Balaban J connectivity index is 1.58. The normalized spacial score (nSPS) is 11.3. The maximum Gasteiger partial charge on any atom is 0.573 e. The molecule has 0 saturated carbocycles. The number of ether oxygens (including phenoxy) is 1. The minimum atomic E-state index is -4.76. The number of nitrogens with zero attached hydrogens (tertiary/aromatic N) is 1. The van der Waals surface area contributed by atoms with Gasteiger partial charge in [-0.15, -0.1) is 24.9 Å². The lowest BCUT2D eigenvalue weighted by Crippen LogP contribution is -2.32. The molecule has 0 unspecified atom stereocenters. The van der Waals surface area contributed by atoms with Gasteiger partial charge in [-0.3, -0.25) is 4.79 Å². The van der Waals surface area contributed by atoms with E-state index in [-0.39, 0.29) is 18.0 Å². The summed E-state index contributed by atoms with van der Waals surface area (Å²) in [6, 6.07) is 15.4. The first kappa shape index (κ1) is 22.9. The van der Waals surface area contributed by atoms with Gasteiger partial charge >= 0.3 is 13.5 Å². The Bertz CT molecular complexity index is 1030. The topological polar surface area (TPSA) is 79.7 Å². The van der Waals surface area contributed by atoms with Crippen LogP contribution in [0.15, 0.2) is 71.9 Å². The highest BCUT2D eigenvalue weighted by Gasteiger charge is 2.31. The standard InChI is InChI=1S/C21H17BF3NO4S/c23-21(24,25)30-17-8-5-14(6-9-17)11-19(27)15-7-10-20(26-12-15)31-13-16-3-1-2-4-18(16)22(28)29/h1-10,12,28-29H,11,13H2. The number of Topliss-reactive ketones (excluding diaryl/α,β-unsaturated/α-hetero) is 1. The SMILES string of the molecule is O=C(Cc1ccc(OC(F)(F)F)cc1)c1ccc(SCc2ccccc2B(O)O)nc1. The summed E-state index contributed by atoms with van der Waals surface area (Å²) in [6.45, 7) is 0. The second-order valence-electron chi connectivity index (χ2n) is 6.54. The molecule has 31 heavy (non-hydrogen) atoms. The number of carbonyl (C=O) groups is 1. The zero-order chi connectivity index (χ0) is 22.4. The lowest BCUT2D eigenvalue weighted by atomic mass is 9.77. The van der Waals surface area contributed by atoms with Crippen LogP contribution in [0, 0.1) is 0 Å². The number of aromatic nitrogens is 1. The third-order valence-electron chi connectivity index (χ3n) is 4.29. The van der Waals surface area contributed by atoms with Gasteiger partial charge in [0, 0.05) is 23.9 Å². The molecule has 0 fully saturated rings. The lowest BCUT2D eigenvalue weighted by Gasteiger charge is -2.09. The van der Waals surface area contributed by atoms with Crippen LogP contribution in [-0.2, 0) is 12.2 Å². The fraction of sp³-hybridized carbons (Fsp3) is 0.143. The summed E-state index contributed by atoms with van der Waals surface area (Å²) < 4.78 is 40.4. The van der Waals surface area contributed by atoms with Crippen LogP contribution in [0.4, 0.5) is 13.2 Å². The van der Waals surface area contributed by atoms with Crippen molar-refractivity contribution < 1.29 is 32.8 Å². The number of hydrogen-bond donors (Lipinski definition) is 2. The van der Waals surface area contributed by atoms with Crippen molar-refractivity contribution in [2.45, 2.75) is 23.6 Å². The first-order chi connectivity index (χ1) is 14.7. The summed E-state index contributed by atoms with van der Waals surface area (Å²) in [5.74, 6) is -0.0928. The zero-order valence-electron chi connectivity index (χ0n) is 16.0. The maximum atomic E-state index is 12.4. The van der Waals surface area contributed by atoms with E-state index in [0.29, 0.717) is 27.4 Å². The lowest BCUT2D eigenvalue weighted by molar-refractivity contribution is -0.274. The van der Waals surface area contributed by atoms with Gasteiger partial charge in [0.05, 0.1) is 5.03 Å². The molecule has 0 aliphatic rings. The Morgan fingerprint density at radius 2 is 1.74 bits per heavy atom. The minimum Gasteiger partial charge on any atom is -0.423 e. The summed E-state index contributed by atoms with van der Waals surface area (Å²) >= 11 is 1.39. The second kappa shape index (κ2) is 9.99. The first-order valence-corrected chi connectivity index (χ1v) is 10.1. The number of benzene rings is 2. The molecule has 0 amide bonds. The Kier molecular flexibility index (Phi) is 7.37. The number of halogens is 3. The number of ketones is 1. The number of pyridine rings is 1. The second-order valence-corrected chi connectivity index (χ2v) is 7.53. The van der Waals surface area contributed by atoms with E-state index in [2.05, 4.69) is 9.72 Å². The molecular weight excluding hydrogens is 430 g/mol. The van der Waals surface area contributed by atoms with E-state index in [0.717, 1.165) is 17.7 Å². The van der Waals surface area contributed by atoms with Crippen molar-refractivity contribution in [3.8, 4) is 5.75 Å². The molecule has 0 aliphatic carbocycles. The van der Waals surface area contributed by atoms with E-state index >= 15 is 0 Å². The van der Waals surface area contributed by atoms with Gasteiger partial charge in [-0.1, -0.05) is 36.4 Å². The largest absolute Gasteiger partial charge is 0.573 e. The third kappa shape index (κ3) is 6.85. The van der Waals surface area contributed by atoms with Crippen LogP contribution >= 0.6 is 11.8 Å². The number of thioether (sulfide) groups is 1. The predicted molar refractivity (Wildman–Crippen MR) is 111 cm³/mol. The smallest absolute Gasteiger partial charge is 0.423 e. The molecule has 3 rings (SSSR count). The molecule has 0 atom stereocenters. The van der Waals surface area contributed by atoms with Crippen LogP contribution < -0.4 is 10.2 Å². The van der Waals surface area contributed by atoms with Crippen LogP contribution in [0.5, 0.6) is 5.75 Å². The van der Waals surface area contributed by atoms with E-state index in [1.165, 1.54) is 30.1 Å². The average molecular weight is 447 g/mol. The molecular formula is C21H17BF3NO4S.